The Morgan fingerprint density at radius 1 is 1.07 bits per heavy atom. The van der Waals surface area contributed by atoms with Crippen molar-refractivity contribution in [1.82, 2.24) is 0 Å². The zero-order chi connectivity index (χ0) is 19.9. The maximum absolute atomic E-state index is 12.2. The summed E-state index contributed by atoms with van der Waals surface area (Å²) in [6, 6.07) is 16.4. The van der Waals surface area contributed by atoms with Gasteiger partial charge in [0.05, 0.1) is 6.61 Å². The van der Waals surface area contributed by atoms with Crippen molar-refractivity contribution in [1.29, 1.82) is 0 Å². The molecule has 28 heavy (non-hydrogen) atoms. The fraction of sp³-hybridized carbons (Fsp3) is 0.304. The second kappa shape index (κ2) is 9.22. The van der Waals surface area contributed by atoms with Crippen LogP contribution in [0.5, 0.6) is 5.75 Å². The number of esters is 1. The first-order valence-corrected chi connectivity index (χ1v) is 9.59. The predicted octanol–water partition coefficient (Wildman–Crippen LogP) is 4.96. The fourth-order valence-corrected chi connectivity index (χ4v) is 2.95. The zero-order valence-electron chi connectivity index (χ0n) is 16.1. The molecule has 0 aliphatic carbocycles. The first kappa shape index (κ1) is 19.7. The van der Waals surface area contributed by atoms with Crippen LogP contribution >= 0.6 is 0 Å². The second-order valence-electron chi connectivity index (χ2n) is 6.54. The molecule has 5 nitrogen and oxygen atoms in total. The van der Waals surface area contributed by atoms with Crippen molar-refractivity contribution in [2.24, 2.45) is 0 Å². The molecule has 0 aliphatic rings. The molecule has 3 aromatic rings. The minimum Gasteiger partial charge on any atom is -0.479 e. The van der Waals surface area contributed by atoms with Crippen molar-refractivity contribution >= 4 is 16.9 Å². The van der Waals surface area contributed by atoms with E-state index in [0.717, 1.165) is 29.4 Å². The van der Waals surface area contributed by atoms with Gasteiger partial charge in [-0.2, -0.15) is 0 Å². The summed E-state index contributed by atoms with van der Waals surface area (Å²) < 4.78 is 16.4. The van der Waals surface area contributed by atoms with E-state index in [1.807, 2.05) is 50.2 Å². The number of carbonyl (C=O) groups excluding carboxylic acids is 1. The van der Waals surface area contributed by atoms with Gasteiger partial charge in [-0.3, -0.25) is 0 Å². The number of hydrogen-bond donors (Lipinski definition) is 0. The molecule has 0 radical (unpaired) electrons. The number of fused-ring (bicyclic) bond motifs is 1. The quantitative estimate of drug-likeness (QED) is 0.314. The minimum atomic E-state index is -0.696. The van der Waals surface area contributed by atoms with E-state index in [4.69, 9.17) is 13.9 Å². The molecule has 0 saturated heterocycles. The Hall–Kier alpha value is -3.08. The van der Waals surface area contributed by atoms with Crippen LogP contribution in [0.4, 0.5) is 0 Å². The van der Waals surface area contributed by atoms with Crippen LogP contribution in [-0.2, 0) is 9.53 Å². The smallest absolute Gasteiger partial charge is 0.347 e. The van der Waals surface area contributed by atoms with Gasteiger partial charge in [-0.25, -0.2) is 9.59 Å². The first-order chi connectivity index (χ1) is 13.6. The van der Waals surface area contributed by atoms with E-state index in [9.17, 15) is 9.59 Å². The highest BCUT2D eigenvalue weighted by Gasteiger charge is 2.20. The summed E-state index contributed by atoms with van der Waals surface area (Å²) in [6.45, 7) is 4.29. The third-order valence-electron chi connectivity index (χ3n) is 4.46. The molecule has 2 aromatic carbocycles. The summed E-state index contributed by atoms with van der Waals surface area (Å²) in [7, 11) is 0. The zero-order valence-corrected chi connectivity index (χ0v) is 16.1. The second-order valence-corrected chi connectivity index (χ2v) is 6.54. The molecule has 0 spiro atoms. The molecule has 0 fully saturated rings. The Bertz CT molecular complexity index is 991. The summed E-state index contributed by atoms with van der Waals surface area (Å²) >= 11 is 0. The highest BCUT2D eigenvalue weighted by Crippen LogP contribution is 2.30. The molecule has 1 heterocycles. The lowest BCUT2D eigenvalue weighted by Crippen LogP contribution is -2.29. The molecule has 3 rings (SSSR count). The van der Waals surface area contributed by atoms with Crippen molar-refractivity contribution in [3.63, 3.8) is 0 Å². The van der Waals surface area contributed by atoms with Crippen LogP contribution in [0.3, 0.4) is 0 Å². The maximum atomic E-state index is 12.2. The molecular formula is C23H24O5. The average molecular weight is 380 g/mol. The molecule has 1 atom stereocenters. The molecule has 146 valence electrons. The fourth-order valence-electron chi connectivity index (χ4n) is 2.95. The van der Waals surface area contributed by atoms with Crippen molar-refractivity contribution in [3.8, 4) is 16.9 Å². The van der Waals surface area contributed by atoms with Gasteiger partial charge in [-0.1, -0.05) is 50.6 Å². The lowest BCUT2D eigenvalue weighted by atomic mass is 10.0. The lowest BCUT2D eigenvalue weighted by molar-refractivity contribution is -0.152. The van der Waals surface area contributed by atoms with Gasteiger partial charge in [0, 0.05) is 17.5 Å². The van der Waals surface area contributed by atoms with E-state index in [0.29, 0.717) is 24.4 Å². The molecule has 0 saturated carbocycles. The molecule has 0 bridgehead atoms. The molecule has 0 amide bonds. The first-order valence-electron chi connectivity index (χ1n) is 9.59. The van der Waals surface area contributed by atoms with Crippen LogP contribution in [0, 0.1) is 0 Å². The Kier molecular flexibility index (Phi) is 6.48. The summed E-state index contributed by atoms with van der Waals surface area (Å²) in [5.41, 5.74) is 1.71. The van der Waals surface area contributed by atoms with Crippen LogP contribution in [0.1, 0.15) is 33.1 Å². The largest absolute Gasteiger partial charge is 0.479 e. The molecule has 0 N–H and O–H groups in total. The SMILES string of the molecule is CCCCOC(=O)[C@H](CC)Oc1ccc2c(-c3ccccc3)cc(=O)oc2c1. The number of hydrogen-bond acceptors (Lipinski definition) is 5. The minimum absolute atomic E-state index is 0.379. The van der Waals surface area contributed by atoms with Gasteiger partial charge in [0.1, 0.15) is 11.3 Å². The van der Waals surface area contributed by atoms with E-state index in [1.165, 1.54) is 6.07 Å². The van der Waals surface area contributed by atoms with E-state index in [1.54, 1.807) is 12.1 Å². The standard InChI is InChI=1S/C23H24O5/c1-3-5-13-26-23(25)20(4-2)27-17-11-12-18-19(16-9-7-6-8-10-16)15-22(24)28-21(18)14-17/h6-12,14-15,20H,3-5,13H2,1-2H3/t20-/m0/s1. The third kappa shape index (κ3) is 4.60. The van der Waals surface area contributed by atoms with Crippen LogP contribution in [0.15, 0.2) is 63.8 Å². The van der Waals surface area contributed by atoms with Crippen LogP contribution in [0.2, 0.25) is 0 Å². The number of unbranched alkanes of at least 4 members (excludes halogenated alkanes) is 1. The molecular weight excluding hydrogens is 356 g/mol. The molecule has 5 heteroatoms. The average Bonchev–Trinajstić information content (AvgIpc) is 2.71. The Morgan fingerprint density at radius 3 is 2.57 bits per heavy atom. The van der Waals surface area contributed by atoms with Gasteiger partial charge in [-0.15, -0.1) is 0 Å². The normalized spacial score (nSPS) is 11.9. The van der Waals surface area contributed by atoms with E-state index in [2.05, 4.69) is 0 Å². The van der Waals surface area contributed by atoms with Crippen molar-refractivity contribution in [3.05, 3.63) is 65.0 Å². The number of rotatable bonds is 8. The number of ether oxygens (including phenoxy) is 2. The maximum Gasteiger partial charge on any atom is 0.347 e. The van der Waals surface area contributed by atoms with Crippen molar-refractivity contribution < 1.29 is 18.7 Å². The monoisotopic (exact) mass is 380 g/mol. The van der Waals surface area contributed by atoms with Gasteiger partial charge in [0.25, 0.3) is 0 Å². The third-order valence-corrected chi connectivity index (χ3v) is 4.46. The predicted molar refractivity (Wildman–Crippen MR) is 108 cm³/mol. The number of carbonyl (C=O) groups is 1. The van der Waals surface area contributed by atoms with Crippen LogP contribution in [-0.4, -0.2) is 18.7 Å². The van der Waals surface area contributed by atoms with Gasteiger partial charge in [0.15, 0.2) is 6.10 Å². The molecule has 0 unspecified atom stereocenters. The summed E-state index contributed by atoms with van der Waals surface area (Å²) in [4.78, 5) is 24.2. The highest BCUT2D eigenvalue weighted by atomic mass is 16.6. The topological polar surface area (TPSA) is 65.7 Å². The Labute approximate surface area is 163 Å². The number of benzene rings is 2. The van der Waals surface area contributed by atoms with E-state index < -0.39 is 11.7 Å². The summed E-state index contributed by atoms with van der Waals surface area (Å²) in [5, 5.41) is 0.803. The summed E-state index contributed by atoms with van der Waals surface area (Å²) in [5.74, 6) is 0.0793. The van der Waals surface area contributed by atoms with E-state index in [-0.39, 0.29) is 5.97 Å². The van der Waals surface area contributed by atoms with Gasteiger partial charge in [0.2, 0.25) is 0 Å². The van der Waals surface area contributed by atoms with Crippen molar-refractivity contribution in [2.75, 3.05) is 6.61 Å². The van der Waals surface area contributed by atoms with Gasteiger partial charge < -0.3 is 13.9 Å². The lowest BCUT2D eigenvalue weighted by Gasteiger charge is -2.17. The van der Waals surface area contributed by atoms with Crippen LogP contribution < -0.4 is 10.4 Å². The van der Waals surface area contributed by atoms with Gasteiger partial charge in [-0.05, 0) is 36.1 Å². The van der Waals surface area contributed by atoms with Crippen LogP contribution in [0.25, 0.3) is 22.1 Å². The Balaban J connectivity index is 1.88. The summed E-state index contributed by atoms with van der Waals surface area (Å²) in [6.07, 6.45) is 1.57. The molecule has 0 aliphatic heterocycles. The van der Waals surface area contributed by atoms with Gasteiger partial charge >= 0.3 is 11.6 Å². The molecule has 1 aromatic heterocycles. The Morgan fingerprint density at radius 2 is 1.86 bits per heavy atom. The highest BCUT2D eigenvalue weighted by molar-refractivity contribution is 5.93. The van der Waals surface area contributed by atoms with Crippen molar-refractivity contribution in [2.45, 2.75) is 39.2 Å². The van der Waals surface area contributed by atoms with E-state index >= 15 is 0 Å².